The predicted molar refractivity (Wildman–Crippen MR) is 79.1 cm³/mol. The van der Waals surface area contributed by atoms with E-state index < -0.39 is 11.4 Å². The third-order valence-electron chi connectivity index (χ3n) is 2.57. The molecular weight excluding hydrogens is 265 g/mol. The molecule has 0 radical (unpaired) electrons. The normalized spacial score (nSPS) is 12.4. The van der Waals surface area contributed by atoms with Gasteiger partial charge in [0.2, 0.25) is 0 Å². The fraction of sp³-hybridized carbons (Fsp3) is 0.533. The number of nitrogens with two attached hydrogens (primary N) is 1. The molecule has 1 atom stereocenters. The summed E-state index contributed by atoms with van der Waals surface area (Å²) in [6, 6.07) is 4.44. The van der Waals surface area contributed by atoms with Gasteiger partial charge < -0.3 is 5.73 Å². The van der Waals surface area contributed by atoms with Crippen LogP contribution in [0, 0.1) is 5.82 Å². The second-order valence-corrected chi connectivity index (χ2v) is 5.44. The van der Waals surface area contributed by atoms with Gasteiger partial charge in [-0.25, -0.2) is 4.39 Å². The summed E-state index contributed by atoms with van der Waals surface area (Å²) in [5.41, 5.74) is 6.05. The van der Waals surface area contributed by atoms with Crippen LogP contribution in [0.2, 0.25) is 5.02 Å². The Morgan fingerprint density at radius 3 is 2.32 bits per heavy atom. The Balaban J connectivity index is 0.00000154. The van der Waals surface area contributed by atoms with Gasteiger partial charge >= 0.3 is 0 Å². The zero-order valence-corrected chi connectivity index (χ0v) is 13.0. The van der Waals surface area contributed by atoms with Gasteiger partial charge in [-0.2, -0.15) is 0 Å². The fourth-order valence-electron chi connectivity index (χ4n) is 1.75. The predicted octanol–water partition coefficient (Wildman–Crippen LogP) is 4.31. The molecule has 0 aliphatic carbocycles. The minimum absolute atomic E-state index is 0.0229. The van der Waals surface area contributed by atoms with E-state index in [4.69, 9.17) is 17.3 Å². The molecule has 0 amide bonds. The van der Waals surface area contributed by atoms with Crippen LogP contribution < -0.4 is 5.73 Å². The minimum Gasteiger partial charge on any atom is -0.326 e. The number of rotatable bonds is 4. The summed E-state index contributed by atoms with van der Waals surface area (Å²) >= 11 is 5.61. The Hall–Kier alpha value is -0.930. The van der Waals surface area contributed by atoms with Gasteiger partial charge in [0.1, 0.15) is 11.6 Å². The Morgan fingerprint density at radius 2 is 1.95 bits per heavy atom. The molecule has 2 N–H and O–H groups in total. The standard InChI is InChI=1S/C13H17ClFNO.C2H6/c1-8(17)10(7-13(2,3)16)9-4-5-11(14)12(15)6-9;1-2/h4-6,10H,7,16H2,1-3H3;1-2H3. The van der Waals surface area contributed by atoms with E-state index in [1.165, 1.54) is 19.1 Å². The topological polar surface area (TPSA) is 43.1 Å². The lowest BCUT2D eigenvalue weighted by atomic mass is 9.84. The van der Waals surface area contributed by atoms with Crippen molar-refractivity contribution in [1.29, 1.82) is 0 Å². The number of Topliss-reactive ketones (excluding diaryl/α,β-unsaturated/α-hetero) is 1. The summed E-state index contributed by atoms with van der Waals surface area (Å²) in [5, 5.41) is 0.0584. The van der Waals surface area contributed by atoms with Gasteiger partial charge in [-0.3, -0.25) is 4.79 Å². The van der Waals surface area contributed by atoms with Crippen LogP contribution in [0.1, 0.15) is 52.5 Å². The van der Waals surface area contributed by atoms with E-state index in [0.29, 0.717) is 12.0 Å². The van der Waals surface area contributed by atoms with Crippen LogP contribution in [-0.2, 0) is 4.79 Å². The molecule has 0 fully saturated rings. The highest BCUT2D eigenvalue weighted by molar-refractivity contribution is 6.30. The second-order valence-electron chi connectivity index (χ2n) is 5.03. The molecule has 2 nitrogen and oxygen atoms in total. The average molecular weight is 288 g/mol. The Morgan fingerprint density at radius 1 is 1.42 bits per heavy atom. The maximum atomic E-state index is 13.4. The Kier molecular flexibility index (Phi) is 7.24. The van der Waals surface area contributed by atoms with Crippen LogP contribution in [0.15, 0.2) is 18.2 Å². The molecule has 108 valence electrons. The zero-order valence-electron chi connectivity index (χ0n) is 12.3. The fourth-order valence-corrected chi connectivity index (χ4v) is 1.87. The van der Waals surface area contributed by atoms with Gasteiger partial charge in [0.15, 0.2) is 0 Å². The largest absolute Gasteiger partial charge is 0.326 e. The van der Waals surface area contributed by atoms with Crippen molar-refractivity contribution in [1.82, 2.24) is 0 Å². The third-order valence-corrected chi connectivity index (χ3v) is 2.87. The highest BCUT2D eigenvalue weighted by Crippen LogP contribution is 2.28. The average Bonchev–Trinajstić information content (AvgIpc) is 2.31. The maximum Gasteiger partial charge on any atom is 0.142 e. The van der Waals surface area contributed by atoms with E-state index in [0.717, 1.165) is 0 Å². The quantitative estimate of drug-likeness (QED) is 0.897. The van der Waals surface area contributed by atoms with Crippen molar-refractivity contribution in [3.05, 3.63) is 34.6 Å². The van der Waals surface area contributed by atoms with Crippen LogP contribution in [0.5, 0.6) is 0 Å². The molecule has 0 heterocycles. The molecule has 0 saturated heterocycles. The van der Waals surface area contributed by atoms with Gasteiger partial charge in [-0.15, -0.1) is 0 Å². The summed E-state index contributed by atoms with van der Waals surface area (Å²) in [4.78, 5) is 11.6. The molecule has 0 spiro atoms. The first kappa shape index (κ1) is 18.1. The summed E-state index contributed by atoms with van der Waals surface area (Å²) in [6.07, 6.45) is 0.476. The molecule has 1 aromatic rings. The van der Waals surface area contributed by atoms with Gasteiger partial charge in [0, 0.05) is 11.5 Å². The van der Waals surface area contributed by atoms with Crippen LogP contribution in [-0.4, -0.2) is 11.3 Å². The summed E-state index contributed by atoms with van der Waals surface area (Å²) in [7, 11) is 0. The molecule has 19 heavy (non-hydrogen) atoms. The van der Waals surface area contributed by atoms with E-state index in [9.17, 15) is 9.18 Å². The first-order valence-electron chi connectivity index (χ1n) is 6.45. The lowest BCUT2D eigenvalue weighted by Gasteiger charge is -2.24. The molecule has 0 aromatic heterocycles. The summed E-state index contributed by atoms with van der Waals surface area (Å²) in [5.74, 6) is -0.919. The van der Waals surface area contributed by atoms with Crippen molar-refractivity contribution in [2.24, 2.45) is 5.73 Å². The number of hydrogen-bond acceptors (Lipinski definition) is 2. The van der Waals surface area contributed by atoms with Crippen LogP contribution in [0.25, 0.3) is 0 Å². The molecule has 0 saturated carbocycles. The van der Waals surface area contributed by atoms with Crippen molar-refractivity contribution < 1.29 is 9.18 Å². The Labute approximate surface area is 120 Å². The van der Waals surface area contributed by atoms with Gasteiger partial charge in [0.05, 0.1) is 5.02 Å². The first-order valence-corrected chi connectivity index (χ1v) is 6.83. The first-order chi connectivity index (χ1) is 8.70. The lowest BCUT2D eigenvalue weighted by molar-refractivity contribution is -0.118. The van der Waals surface area contributed by atoms with Crippen molar-refractivity contribution in [2.45, 2.75) is 52.5 Å². The van der Waals surface area contributed by atoms with Gasteiger partial charge in [0.25, 0.3) is 0 Å². The number of halogens is 2. The van der Waals surface area contributed by atoms with Crippen molar-refractivity contribution in [2.75, 3.05) is 0 Å². The van der Waals surface area contributed by atoms with Crippen LogP contribution in [0.4, 0.5) is 4.39 Å². The molecule has 1 unspecified atom stereocenters. The van der Waals surface area contributed by atoms with Gasteiger partial charge in [-0.1, -0.05) is 31.5 Å². The molecule has 4 heteroatoms. The monoisotopic (exact) mass is 287 g/mol. The smallest absolute Gasteiger partial charge is 0.142 e. The molecule has 1 aromatic carbocycles. The number of hydrogen-bond donors (Lipinski definition) is 1. The molecule has 0 bridgehead atoms. The highest BCUT2D eigenvalue weighted by atomic mass is 35.5. The van der Waals surface area contributed by atoms with E-state index in [1.807, 2.05) is 27.7 Å². The maximum absolute atomic E-state index is 13.4. The van der Waals surface area contributed by atoms with Gasteiger partial charge in [-0.05, 0) is 44.9 Å². The van der Waals surface area contributed by atoms with E-state index in [2.05, 4.69) is 0 Å². The number of carbonyl (C=O) groups excluding carboxylic acids is 1. The zero-order chi connectivity index (χ0) is 15.2. The molecule has 1 rings (SSSR count). The van der Waals surface area contributed by atoms with E-state index in [1.54, 1.807) is 6.07 Å². The van der Waals surface area contributed by atoms with Crippen molar-refractivity contribution in [3.8, 4) is 0 Å². The molecular formula is C15H23ClFNO. The SMILES string of the molecule is CC.CC(=O)C(CC(C)(C)N)c1ccc(Cl)c(F)c1. The second kappa shape index (κ2) is 7.61. The van der Waals surface area contributed by atoms with Crippen molar-refractivity contribution in [3.63, 3.8) is 0 Å². The minimum atomic E-state index is -0.509. The highest BCUT2D eigenvalue weighted by Gasteiger charge is 2.24. The lowest BCUT2D eigenvalue weighted by Crippen LogP contribution is -2.35. The van der Waals surface area contributed by atoms with E-state index >= 15 is 0 Å². The van der Waals surface area contributed by atoms with Crippen molar-refractivity contribution >= 4 is 17.4 Å². The number of carbonyl (C=O) groups is 1. The summed E-state index contributed by atoms with van der Waals surface area (Å²) < 4.78 is 13.4. The van der Waals surface area contributed by atoms with Crippen LogP contribution >= 0.6 is 11.6 Å². The Bertz CT molecular complexity index is 427. The molecule has 0 aliphatic heterocycles. The number of ketones is 1. The van der Waals surface area contributed by atoms with Crippen LogP contribution in [0.3, 0.4) is 0 Å². The molecule has 0 aliphatic rings. The third kappa shape index (κ3) is 6.17. The summed E-state index contributed by atoms with van der Waals surface area (Å²) in [6.45, 7) is 9.17. The van der Waals surface area contributed by atoms with E-state index in [-0.39, 0.29) is 16.7 Å². The number of benzene rings is 1.